The summed E-state index contributed by atoms with van der Waals surface area (Å²) in [5.74, 6) is 1.01. The van der Waals surface area contributed by atoms with Gasteiger partial charge >= 0.3 is 6.09 Å². The van der Waals surface area contributed by atoms with Gasteiger partial charge in [-0.05, 0) is 37.0 Å². The fraction of sp³-hybridized carbons (Fsp3) is 0.389. The van der Waals surface area contributed by atoms with Crippen LogP contribution in [-0.2, 0) is 11.2 Å². The van der Waals surface area contributed by atoms with Gasteiger partial charge in [0.05, 0.1) is 6.61 Å². The molecule has 0 bridgehead atoms. The van der Waals surface area contributed by atoms with E-state index in [-0.39, 0.29) is 0 Å². The van der Waals surface area contributed by atoms with Crippen LogP contribution in [0.1, 0.15) is 32.0 Å². The van der Waals surface area contributed by atoms with Crippen molar-refractivity contribution >= 4 is 23.3 Å². The summed E-state index contributed by atoms with van der Waals surface area (Å²) >= 11 is 0. The van der Waals surface area contributed by atoms with Crippen LogP contribution >= 0.6 is 0 Å². The smallest absolute Gasteiger partial charge is 0.411 e. The molecule has 0 unspecified atom stereocenters. The van der Waals surface area contributed by atoms with Gasteiger partial charge < -0.3 is 10.1 Å². The van der Waals surface area contributed by atoms with E-state index in [9.17, 15) is 4.79 Å². The molecule has 1 aromatic heterocycles. The highest BCUT2D eigenvalue weighted by atomic mass is 16.5. The minimum absolute atomic E-state index is 0.301. The average Bonchev–Trinajstić information content (AvgIpc) is 2.53. The predicted molar refractivity (Wildman–Crippen MR) is 95.7 cm³/mol. The Morgan fingerprint density at radius 1 is 1.25 bits per heavy atom. The number of ether oxygens (including phenoxy) is 1. The highest BCUT2D eigenvalue weighted by molar-refractivity contribution is 5.87. The first-order valence-corrected chi connectivity index (χ1v) is 8.10. The maximum Gasteiger partial charge on any atom is 0.411 e. The van der Waals surface area contributed by atoms with Crippen LogP contribution < -0.4 is 10.6 Å². The van der Waals surface area contributed by atoms with Crippen molar-refractivity contribution in [1.29, 1.82) is 0 Å². The number of hydrogen-bond acceptors (Lipinski definition) is 5. The number of carbonyl (C=O) groups is 1. The zero-order valence-electron chi connectivity index (χ0n) is 14.6. The van der Waals surface area contributed by atoms with E-state index in [0.29, 0.717) is 18.3 Å². The number of nitrogens with zero attached hydrogens (tertiary/aromatic N) is 2. The van der Waals surface area contributed by atoms with Crippen LogP contribution in [0.15, 0.2) is 30.6 Å². The molecule has 2 rings (SSSR count). The molecular weight excluding hydrogens is 304 g/mol. The SMILES string of the molecule is CCc1ccc(Nc2cc(C)ncn2)cc1NC(=O)OCC(C)C. The van der Waals surface area contributed by atoms with Gasteiger partial charge in [-0.1, -0.05) is 26.8 Å². The molecular formula is C18H24N4O2. The van der Waals surface area contributed by atoms with E-state index in [2.05, 4.69) is 20.6 Å². The molecule has 1 aromatic carbocycles. The normalized spacial score (nSPS) is 10.5. The Hall–Kier alpha value is -2.63. The minimum atomic E-state index is -0.437. The van der Waals surface area contributed by atoms with Crippen LogP contribution in [0.2, 0.25) is 0 Å². The lowest BCUT2D eigenvalue weighted by Crippen LogP contribution is -2.17. The molecule has 0 aliphatic rings. The summed E-state index contributed by atoms with van der Waals surface area (Å²) in [6.07, 6.45) is 1.89. The number of hydrogen-bond donors (Lipinski definition) is 2. The maximum absolute atomic E-state index is 11.9. The van der Waals surface area contributed by atoms with Gasteiger partial charge in [0.2, 0.25) is 0 Å². The molecule has 24 heavy (non-hydrogen) atoms. The van der Waals surface area contributed by atoms with E-state index in [1.165, 1.54) is 6.33 Å². The second-order valence-electron chi connectivity index (χ2n) is 6.01. The van der Waals surface area contributed by atoms with Crippen molar-refractivity contribution in [3.8, 4) is 0 Å². The van der Waals surface area contributed by atoms with Gasteiger partial charge in [0.15, 0.2) is 0 Å². The first-order valence-electron chi connectivity index (χ1n) is 8.10. The quantitative estimate of drug-likeness (QED) is 0.827. The summed E-state index contributed by atoms with van der Waals surface area (Å²) < 4.78 is 5.19. The zero-order chi connectivity index (χ0) is 17.5. The molecule has 0 atom stereocenters. The Bertz CT molecular complexity index is 701. The van der Waals surface area contributed by atoms with Gasteiger partial charge in [-0.25, -0.2) is 14.8 Å². The molecule has 1 heterocycles. The standard InChI is InChI=1S/C18H24N4O2/c1-5-14-6-7-15(21-17-8-13(4)19-11-20-17)9-16(14)22-18(23)24-10-12(2)3/h6-9,11-12H,5,10H2,1-4H3,(H,22,23)(H,19,20,21). The molecule has 2 N–H and O–H groups in total. The van der Waals surface area contributed by atoms with Gasteiger partial charge in [0.25, 0.3) is 0 Å². The van der Waals surface area contributed by atoms with Crippen LogP contribution in [0.3, 0.4) is 0 Å². The van der Waals surface area contributed by atoms with Crippen molar-refractivity contribution in [2.45, 2.75) is 34.1 Å². The number of amides is 1. The van der Waals surface area contributed by atoms with Crippen molar-refractivity contribution in [3.05, 3.63) is 41.9 Å². The zero-order valence-corrected chi connectivity index (χ0v) is 14.6. The molecule has 0 spiro atoms. The Balaban J connectivity index is 2.13. The summed E-state index contributed by atoms with van der Waals surface area (Å²) in [6.45, 7) is 8.34. The molecule has 1 amide bonds. The maximum atomic E-state index is 11.9. The highest BCUT2D eigenvalue weighted by Gasteiger charge is 2.09. The van der Waals surface area contributed by atoms with E-state index in [1.54, 1.807) is 0 Å². The third kappa shape index (κ3) is 5.22. The lowest BCUT2D eigenvalue weighted by Gasteiger charge is -2.14. The molecule has 6 nitrogen and oxygen atoms in total. The van der Waals surface area contributed by atoms with E-state index < -0.39 is 6.09 Å². The third-order valence-electron chi connectivity index (χ3n) is 3.35. The fourth-order valence-electron chi connectivity index (χ4n) is 2.14. The number of rotatable bonds is 6. The molecule has 2 aromatic rings. The molecule has 0 aliphatic heterocycles. The largest absolute Gasteiger partial charge is 0.449 e. The Morgan fingerprint density at radius 2 is 2.04 bits per heavy atom. The van der Waals surface area contributed by atoms with Crippen molar-refractivity contribution in [2.75, 3.05) is 17.2 Å². The van der Waals surface area contributed by atoms with Crippen LogP contribution in [0.5, 0.6) is 0 Å². The Labute approximate surface area is 142 Å². The fourth-order valence-corrected chi connectivity index (χ4v) is 2.14. The van der Waals surface area contributed by atoms with Gasteiger partial charge in [0.1, 0.15) is 12.1 Å². The number of anilines is 3. The number of aryl methyl sites for hydroxylation is 2. The first kappa shape index (κ1) is 17.7. The van der Waals surface area contributed by atoms with Gasteiger partial charge in [-0.3, -0.25) is 5.32 Å². The number of aromatic nitrogens is 2. The third-order valence-corrected chi connectivity index (χ3v) is 3.35. The van der Waals surface area contributed by atoms with Crippen LogP contribution in [0, 0.1) is 12.8 Å². The molecule has 0 aliphatic carbocycles. The topological polar surface area (TPSA) is 76.1 Å². The first-order chi connectivity index (χ1) is 11.5. The molecule has 128 valence electrons. The van der Waals surface area contributed by atoms with E-state index >= 15 is 0 Å². The van der Waals surface area contributed by atoms with Crippen LogP contribution in [-0.4, -0.2) is 22.7 Å². The summed E-state index contributed by atoms with van der Waals surface area (Å²) in [7, 11) is 0. The summed E-state index contributed by atoms with van der Waals surface area (Å²) in [4.78, 5) is 20.2. The summed E-state index contributed by atoms with van der Waals surface area (Å²) in [5.41, 5.74) is 3.50. The second-order valence-corrected chi connectivity index (χ2v) is 6.01. The van der Waals surface area contributed by atoms with Crippen molar-refractivity contribution in [3.63, 3.8) is 0 Å². The van der Waals surface area contributed by atoms with Crippen LogP contribution in [0.4, 0.5) is 22.0 Å². The van der Waals surface area contributed by atoms with Gasteiger partial charge in [0, 0.05) is 23.1 Å². The van der Waals surface area contributed by atoms with Gasteiger partial charge in [-0.15, -0.1) is 0 Å². The van der Waals surface area contributed by atoms with Gasteiger partial charge in [-0.2, -0.15) is 0 Å². The minimum Gasteiger partial charge on any atom is -0.449 e. The van der Waals surface area contributed by atoms with E-state index in [1.807, 2.05) is 52.0 Å². The number of benzene rings is 1. The van der Waals surface area contributed by atoms with E-state index in [0.717, 1.165) is 29.1 Å². The Morgan fingerprint density at radius 3 is 2.71 bits per heavy atom. The molecule has 0 saturated carbocycles. The van der Waals surface area contributed by atoms with Crippen molar-refractivity contribution in [1.82, 2.24) is 9.97 Å². The van der Waals surface area contributed by atoms with Crippen LogP contribution in [0.25, 0.3) is 0 Å². The summed E-state index contributed by atoms with van der Waals surface area (Å²) in [6, 6.07) is 7.68. The molecule has 6 heteroatoms. The Kier molecular flexibility index (Phi) is 6.12. The molecule has 0 fully saturated rings. The average molecular weight is 328 g/mol. The lowest BCUT2D eigenvalue weighted by molar-refractivity contribution is 0.147. The molecule has 0 saturated heterocycles. The van der Waals surface area contributed by atoms with Crippen molar-refractivity contribution < 1.29 is 9.53 Å². The summed E-state index contributed by atoms with van der Waals surface area (Å²) in [5, 5.41) is 6.04. The monoisotopic (exact) mass is 328 g/mol. The lowest BCUT2D eigenvalue weighted by atomic mass is 10.1. The van der Waals surface area contributed by atoms with E-state index in [4.69, 9.17) is 4.74 Å². The highest BCUT2D eigenvalue weighted by Crippen LogP contribution is 2.24. The molecule has 0 radical (unpaired) electrons. The van der Waals surface area contributed by atoms with Crippen molar-refractivity contribution in [2.24, 2.45) is 5.92 Å². The number of nitrogens with one attached hydrogen (secondary N) is 2. The number of carbonyl (C=O) groups excluding carboxylic acids is 1. The second kappa shape index (κ2) is 8.29. The predicted octanol–water partition coefficient (Wildman–Crippen LogP) is 4.30.